The number of hydrogen-bond acceptors (Lipinski definition) is 9. The molecule has 1 saturated heterocycles. The van der Waals surface area contributed by atoms with Gasteiger partial charge in [0.2, 0.25) is 5.89 Å². The van der Waals surface area contributed by atoms with Crippen molar-refractivity contribution in [2.75, 3.05) is 6.61 Å². The lowest BCUT2D eigenvalue weighted by Crippen LogP contribution is -2.52. The van der Waals surface area contributed by atoms with Gasteiger partial charge in [0, 0.05) is 12.0 Å². The molecular formula is C28H31N3O8S. The van der Waals surface area contributed by atoms with Gasteiger partial charge in [0.05, 0.1) is 35.7 Å². The fraction of sp³-hybridized carbons (Fsp3) is 0.429. The molecule has 0 amide bonds. The number of aromatic nitrogens is 3. The van der Waals surface area contributed by atoms with Gasteiger partial charge in [-0.2, -0.15) is 0 Å². The van der Waals surface area contributed by atoms with Crippen LogP contribution in [0.3, 0.4) is 0 Å². The van der Waals surface area contributed by atoms with E-state index >= 15 is 0 Å². The van der Waals surface area contributed by atoms with Crippen molar-refractivity contribution in [2.24, 2.45) is 0 Å². The summed E-state index contributed by atoms with van der Waals surface area (Å²) in [6.07, 6.45) is 2.30. The molecule has 1 N–H and O–H groups in total. The molecule has 2 atom stereocenters. The SMILES string of the molecule is Cc1c(-c2ncco2)sc2c1c(=O)n(C(C)(C)C(=O)O)c(=O)n2C[C@H](OC1CCO1)c1ccccc1OC(C)C. The minimum Gasteiger partial charge on any atom is -0.491 e. The zero-order valence-electron chi connectivity index (χ0n) is 22.9. The van der Waals surface area contributed by atoms with Gasteiger partial charge < -0.3 is 23.7 Å². The number of aryl methyl sites for hydroxylation is 1. The summed E-state index contributed by atoms with van der Waals surface area (Å²) in [6.45, 7) is 8.74. The van der Waals surface area contributed by atoms with E-state index in [1.54, 1.807) is 6.92 Å². The van der Waals surface area contributed by atoms with E-state index in [1.165, 1.54) is 42.2 Å². The number of ether oxygens (including phenoxy) is 3. The average molecular weight is 570 g/mol. The molecular weight excluding hydrogens is 538 g/mol. The van der Waals surface area contributed by atoms with E-state index in [0.717, 1.165) is 4.57 Å². The highest BCUT2D eigenvalue weighted by atomic mass is 32.1. The van der Waals surface area contributed by atoms with Crippen LogP contribution in [0.25, 0.3) is 21.0 Å². The number of para-hydroxylation sites is 1. The highest BCUT2D eigenvalue weighted by Crippen LogP contribution is 2.38. The van der Waals surface area contributed by atoms with E-state index < -0.39 is 35.2 Å². The molecule has 5 rings (SSSR count). The number of carboxylic acid groups (broad SMARTS) is 1. The maximum absolute atomic E-state index is 14.1. The van der Waals surface area contributed by atoms with Gasteiger partial charge in [-0.15, -0.1) is 11.3 Å². The molecule has 212 valence electrons. The Morgan fingerprint density at radius 2 is 2.00 bits per heavy atom. The fourth-order valence-corrected chi connectivity index (χ4v) is 5.87. The Kier molecular flexibility index (Phi) is 7.42. The van der Waals surface area contributed by atoms with Crippen LogP contribution in [0.2, 0.25) is 0 Å². The Labute approximate surface area is 233 Å². The molecule has 1 aliphatic heterocycles. The second-order valence-electron chi connectivity index (χ2n) is 10.4. The number of benzene rings is 1. The van der Waals surface area contributed by atoms with Gasteiger partial charge in [0.25, 0.3) is 5.56 Å². The third kappa shape index (κ3) is 4.87. The van der Waals surface area contributed by atoms with Gasteiger partial charge in [-0.1, -0.05) is 18.2 Å². The van der Waals surface area contributed by atoms with Crippen molar-refractivity contribution >= 4 is 27.5 Å². The van der Waals surface area contributed by atoms with Crippen LogP contribution in [0.4, 0.5) is 0 Å². The van der Waals surface area contributed by atoms with Crippen LogP contribution in [-0.4, -0.2) is 44.2 Å². The Bertz CT molecular complexity index is 1660. The molecule has 0 spiro atoms. The predicted octanol–water partition coefficient (Wildman–Crippen LogP) is 4.30. The van der Waals surface area contributed by atoms with Crippen LogP contribution in [0, 0.1) is 6.92 Å². The van der Waals surface area contributed by atoms with Crippen molar-refractivity contribution in [3.63, 3.8) is 0 Å². The highest BCUT2D eigenvalue weighted by Gasteiger charge is 2.36. The van der Waals surface area contributed by atoms with Crippen molar-refractivity contribution in [3.05, 3.63) is 68.7 Å². The largest absolute Gasteiger partial charge is 0.491 e. The molecule has 40 heavy (non-hydrogen) atoms. The average Bonchev–Trinajstić information content (AvgIpc) is 3.50. The van der Waals surface area contributed by atoms with Gasteiger partial charge in [-0.05, 0) is 46.2 Å². The summed E-state index contributed by atoms with van der Waals surface area (Å²) >= 11 is 1.18. The molecule has 0 saturated carbocycles. The van der Waals surface area contributed by atoms with E-state index in [2.05, 4.69) is 4.98 Å². The van der Waals surface area contributed by atoms with Gasteiger partial charge >= 0.3 is 11.7 Å². The van der Waals surface area contributed by atoms with Gasteiger partial charge in [-0.25, -0.2) is 19.1 Å². The molecule has 1 aliphatic rings. The molecule has 4 heterocycles. The summed E-state index contributed by atoms with van der Waals surface area (Å²) in [5, 5.41) is 10.2. The minimum absolute atomic E-state index is 0.0331. The smallest absolute Gasteiger partial charge is 0.333 e. The number of oxazole rings is 1. The Hall–Kier alpha value is -3.74. The number of carbonyl (C=O) groups is 1. The Morgan fingerprint density at radius 3 is 2.60 bits per heavy atom. The van der Waals surface area contributed by atoms with Crippen molar-refractivity contribution in [3.8, 4) is 16.5 Å². The van der Waals surface area contributed by atoms with Crippen LogP contribution in [0.15, 0.2) is 50.7 Å². The van der Waals surface area contributed by atoms with E-state index in [-0.39, 0.29) is 18.0 Å². The molecule has 11 nitrogen and oxygen atoms in total. The molecule has 1 unspecified atom stereocenters. The highest BCUT2D eigenvalue weighted by molar-refractivity contribution is 7.22. The number of hydrogen-bond donors (Lipinski definition) is 1. The monoisotopic (exact) mass is 569 g/mol. The normalized spacial score (nSPS) is 16.3. The first-order valence-electron chi connectivity index (χ1n) is 13.0. The number of fused-ring (bicyclic) bond motifs is 1. The third-order valence-corrected chi connectivity index (χ3v) is 8.17. The van der Waals surface area contributed by atoms with Crippen LogP contribution < -0.4 is 16.0 Å². The lowest BCUT2D eigenvalue weighted by Gasteiger charge is -2.32. The molecule has 0 radical (unpaired) electrons. The lowest BCUT2D eigenvalue weighted by atomic mass is 10.0. The summed E-state index contributed by atoms with van der Waals surface area (Å²) < 4.78 is 25.6. The molecule has 0 aliphatic carbocycles. The topological polar surface area (TPSA) is 135 Å². The maximum atomic E-state index is 14.1. The molecule has 1 aromatic carbocycles. The van der Waals surface area contributed by atoms with Crippen LogP contribution >= 0.6 is 11.3 Å². The molecule has 4 aromatic rings. The van der Waals surface area contributed by atoms with E-state index in [9.17, 15) is 19.5 Å². The number of carboxylic acids is 1. The summed E-state index contributed by atoms with van der Waals surface area (Å²) in [4.78, 5) is 45.3. The number of rotatable bonds is 10. The maximum Gasteiger partial charge on any atom is 0.333 e. The number of aliphatic carboxylic acids is 1. The van der Waals surface area contributed by atoms with E-state index in [1.807, 2.05) is 38.1 Å². The lowest BCUT2D eigenvalue weighted by molar-refractivity contribution is -0.239. The summed E-state index contributed by atoms with van der Waals surface area (Å²) in [6, 6.07) is 7.39. The zero-order chi connectivity index (χ0) is 28.8. The quantitative estimate of drug-likeness (QED) is 0.297. The Morgan fingerprint density at radius 1 is 1.27 bits per heavy atom. The number of nitrogens with zero attached hydrogens (tertiary/aromatic N) is 3. The Balaban J connectivity index is 1.76. The van der Waals surface area contributed by atoms with Crippen LogP contribution in [0.1, 0.15) is 51.3 Å². The van der Waals surface area contributed by atoms with Crippen molar-refractivity contribution < 1.29 is 28.5 Å². The zero-order valence-corrected chi connectivity index (χ0v) is 23.7. The predicted molar refractivity (Wildman–Crippen MR) is 148 cm³/mol. The van der Waals surface area contributed by atoms with E-state index in [4.69, 9.17) is 18.6 Å². The van der Waals surface area contributed by atoms with Gasteiger partial charge in [-0.3, -0.25) is 9.36 Å². The second-order valence-corrected chi connectivity index (χ2v) is 11.4. The first-order chi connectivity index (χ1) is 19.0. The molecule has 12 heteroatoms. The van der Waals surface area contributed by atoms with Gasteiger partial charge in [0.15, 0.2) is 6.29 Å². The second kappa shape index (κ2) is 10.7. The van der Waals surface area contributed by atoms with Crippen molar-refractivity contribution in [1.82, 2.24) is 14.1 Å². The summed E-state index contributed by atoms with van der Waals surface area (Å²) in [5.74, 6) is -0.426. The standard InChI is InChI=1S/C28H31N3O8S/c1-15(2)38-18-9-7-6-8-17(18)19(39-20-10-12-36-20)14-30-25-21(16(3)22(40-25)23-29-11-13-37-23)24(32)31(27(30)35)28(4,5)26(33)34/h6-9,11,13,15,19-20H,10,12,14H2,1-5H3,(H,33,34)/t19-,20?/m0/s1. The van der Waals surface area contributed by atoms with Crippen LogP contribution in [0.5, 0.6) is 5.75 Å². The fourth-order valence-electron chi connectivity index (χ4n) is 4.63. The van der Waals surface area contributed by atoms with Crippen molar-refractivity contribution in [1.29, 1.82) is 0 Å². The summed E-state index contributed by atoms with van der Waals surface area (Å²) in [7, 11) is 0. The first-order valence-corrected chi connectivity index (χ1v) is 13.8. The first kappa shape index (κ1) is 27.8. The molecule has 1 fully saturated rings. The molecule has 0 bridgehead atoms. The van der Waals surface area contributed by atoms with E-state index in [0.29, 0.717) is 45.5 Å². The minimum atomic E-state index is -1.83. The summed E-state index contributed by atoms with van der Waals surface area (Å²) in [5.41, 5.74) is -2.05. The number of thiophene rings is 1. The van der Waals surface area contributed by atoms with Crippen LogP contribution in [-0.2, 0) is 26.4 Å². The van der Waals surface area contributed by atoms with Crippen molar-refractivity contribution in [2.45, 2.75) is 71.6 Å². The van der Waals surface area contributed by atoms with Gasteiger partial charge in [0.1, 0.15) is 28.5 Å². The third-order valence-electron chi connectivity index (χ3n) is 6.87. The molecule has 3 aromatic heterocycles.